The molecule has 5 heteroatoms. The van der Waals surface area contributed by atoms with Gasteiger partial charge in [0.15, 0.2) is 0 Å². The molecular weight excluding hydrogens is 371 g/mol. The number of hydrogen-bond donors (Lipinski definition) is 0. The number of benzene rings is 2. The van der Waals surface area contributed by atoms with Gasteiger partial charge in [-0.15, -0.1) is 0 Å². The molecule has 2 aromatic carbocycles. The summed E-state index contributed by atoms with van der Waals surface area (Å²) >= 11 is 16.2. The molecule has 0 spiro atoms. The number of rotatable bonds is 2. The van der Waals surface area contributed by atoms with Crippen LogP contribution in [0.1, 0.15) is 22.3 Å². The van der Waals surface area contributed by atoms with Crippen LogP contribution in [0.4, 0.5) is 0 Å². The minimum atomic E-state index is 0.444. The third kappa shape index (κ3) is 2.78. The van der Waals surface area contributed by atoms with E-state index in [1.165, 1.54) is 0 Å². The number of hydrogen-bond acceptors (Lipinski definition) is 2. The molecule has 0 fully saturated rings. The lowest BCUT2D eigenvalue weighted by molar-refractivity contribution is 1.37. The molecule has 0 aromatic heterocycles. The van der Waals surface area contributed by atoms with Crippen LogP contribution in [0.3, 0.4) is 0 Å². The van der Waals surface area contributed by atoms with Crippen LogP contribution >= 0.6 is 39.1 Å². The summed E-state index contributed by atoms with van der Waals surface area (Å²) in [5.41, 5.74) is 3.79. The summed E-state index contributed by atoms with van der Waals surface area (Å²) in [6, 6.07) is 11.2. The van der Waals surface area contributed by atoms with Gasteiger partial charge in [0.2, 0.25) is 0 Å². The second-order valence-electron chi connectivity index (χ2n) is 4.42. The zero-order chi connectivity index (χ0) is 15.6. The molecule has 0 atom stereocenters. The van der Waals surface area contributed by atoms with Crippen molar-refractivity contribution in [1.82, 2.24) is 0 Å². The van der Waals surface area contributed by atoms with Gasteiger partial charge in [0.05, 0.1) is 33.3 Å². The molecule has 0 N–H and O–H groups in total. The maximum absolute atomic E-state index is 9.31. The Morgan fingerprint density at radius 2 is 1.62 bits per heavy atom. The van der Waals surface area contributed by atoms with Gasteiger partial charge in [0, 0.05) is 16.5 Å². The van der Waals surface area contributed by atoms with E-state index >= 15 is 0 Å². The van der Waals surface area contributed by atoms with E-state index in [0.717, 1.165) is 5.56 Å². The molecule has 2 rings (SSSR count). The Kier molecular flexibility index (Phi) is 4.91. The van der Waals surface area contributed by atoms with E-state index in [2.05, 4.69) is 28.1 Å². The molecule has 104 valence electrons. The van der Waals surface area contributed by atoms with Gasteiger partial charge in [0.1, 0.15) is 0 Å². The molecule has 0 radical (unpaired) electrons. The quantitative estimate of drug-likeness (QED) is 0.637. The molecule has 0 saturated heterocycles. The van der Waals surface area contributed by atoms with Gasteiger partial charge in [0.25, 0.3) is 0 Å². The molecule has 2 aromatic rings. The Balaban J connectivity index is 2.82. The Morgan fingerprint density at radius 3 is 2.19 bits per heavy atom. The van der Waals surface area contributed by atoms with Crippen LogP contribution < -0.4 is 0 Å². The van der Waals surface area contributed by atoms with E-state index in [1.54, 1.807) is 25.1 Å². The van der Waals surface area contributed by atoms with Crippen LogP contribution in [0, 0.1) is 29.6 Å². The van der Waals surface area contributed by atoms with Crippen molar-refractivity contribution >= 4 is 39.1 Å². The van der Waals surface area contributed by atoms with Crippen molar-refractivity contribution < 1.29 is 0 Å². The van der Waals surface area contributed by atoms with Crippen LogP contribution in [0.2, 0.25) is 10.0 Å². The molecule has 0 amide bonds. The smallest absolute Gasteiger partial charge is 0.0998 e. The molecule has 0 aliphatic rings. The monoisotopic (exact) mass is 378 g/mol. The molecule has 0 bridgehead atoms. The molecule has 0 saturated carbocycles. The van der Waals surface area contributed by atoms with Gasteiger partial charge < -0.3 is 0 Å². The fraction of sp³-hybridized carbons (Fsp3) is 0.125. The molecule has 0 heterocycles. The Morgan fingerprint density at radius 1 is 1.00 bits per heavy atom. The summed E-state index contributed by atoms with van der Waals surface area (Å²) < 4.78 is 0. The van der Waals surface area contributed by atoms with Gasteiger partial charge in [-0.05, 0) is 30.2 Å². The van der Waals surface area contributed by atoms with Crippen molar-refractivity contribution in [2.75, 3.05) is 0 Å². The van der Waals surface area contributed by atoms with Crippen molar-refractivity contribution in [1.29, 1.82) is 10.5 Å². The maximum atomic E-state index is 9.31. The van der Waals surface area contributed by atoms with Crippen molar-refractivity contribution in [2.24, 2.45) is 0 Å². The lowest BCUT2D eigenvalue weighted by Crippen LogP contribution is -1.94. The summed E-state index contributed by atoms with van der Waals surface area (Å²) in [7, 11) is 0. The largest absolute Gasteiger partial charge is 0.192 e. The predicted molar refractivity (Wildman–Crippen MR) is 88.7 cm³/mol. The number of nitriles is 2. The summed E-state index contributed by atoms with van der Waals surface area (Å²) in [5, 5.41) is 19.9. The standard InChI is InChI=1S/C16H9BrCl2N2/c1-9-11(7-20)4-5-13(15(9)18)14-12(8-21)3-2-10(6-17)16(14)19/h2-5H,6H2,1H3. The van der Waals surface area contributed by atoms with Gasteiger partial charge in [-0.2, -0.15) is 10.5 Å². The average molecular weight is 380 g/mol. The Labute approximate surface area is 141 Å². The van der Waals surface area contributed by atoms with Gasteiger partial charge in [-0.25, -0.2) is 0 Å². The van der Waals surface area contributed by atoms with E-state index in [0.29, 0.717) is 43.2 Å². The number of halogens is 3. The first-order valence-corrected chi connectivity index (χ1v) is 7.89. The highest BCUT2D eigenvalue weighted by Gasteiger charge is 2.18. The first kappa shape index (κ1) is 15.9. The zero-order valence-corrected chi connectivity index (χ0v) is 14.1. The third-order valence-corrected chi connectivity index (χ3v) is 4.79. The Bertz CT molecular complexity index is 801. The topological polar surface area (TPSA) is 47.6 Å². The molecular formula is C16H9BrCl2N2. The van der Waals surface area contributed by atoms with Gasteiger partial charge >= 0.3 is 0 Å². The molecule has 2 nitrogen and oxygen atoms in total. The van der Waals surface area contributed by atoms with E-state index < -0.39 is 0 Å². The van der Waals surface area contributed by atoms with Crippen molar-refractivity contribution in [3.63, 3.8) is 0 Å². The second kappa shape index (κ2) is 6.50. The maximum Gasteiger partial charge on any atom is 0.0998 e. The summed E-state index contributed by atoms with van der Waals surface area (Å²) in [5.74, 6) is 0. The Hall–Kier alpha value is -1.52. The highest BCUT2D eigenvalue weighted by Crippen LogP contribution is 2.40. The fourth-order valence-electron chi connectivity index (χ4n) is 2.08. The fourth-order valence-corrected chi connectivity index (χ4v) is 3.30. The average Bonchev–Trinajstić information content (AvgIpc) is 2.50. The molecule has 21 heavy (non-hydrogen) atoms. The predicted octanol–water partition coefficient (Wildman–Crippen LogP) is 5.61. The van der Waals surface area contributed by atoms with Gasteiger partial charge in [-0.1, -0.05) is 51.3 Å². The van der Waals surface area contributed by atoms with Crippen LogP contribution in [0.15, 0.2) is 24.3 Å². The second-order valence-corrected chi connectivity index (χ2v) is 5.73. The minimum absolute atomic E-state index is 0.444. The normalized spacial score (nSPS) is 10.0. The van der Waals surface area contributed by atoms with E-state index in [9.17, 15) is 5.26 Å². The van der Waals surface area contributed by atoms with Crippen LogP contribution in [-0.2, 0) is 5.33 Å². The minimum Gasteiger partial charge on any atom is -0.192 e. The molecule has 0 aliphatic heterocycles. The summed E-state index contributed by atoms with van der Waals surface area (Å²) in [6.45, 7) is 1.78. The first-order chi connectivity index (χ1) is 10.0. The van der Waals surface area contributed by atoms with Crippen molar-refractivity contribution in [3.8, 4) is 23.3 Å². The number of nitrogens with zero attached hydrogens (tertiary/aromatic N) is 2. The third-order valence-electron chi connectivity index (χ3n) is 3.26. The van der Waals surface area contributed by atoms with E-state index in [4.69, 9.17) is 28.5 Å². The van der Waals surface area contributed by atoms with E-state index in [1.807, 2.05) is 6.07 Å². The lowest BCUT2D eigenvalue weighted by atomic mass is 9.95. The summed E-state index contributed by atoms with van der Waals surface area (Å²) in [4.78, 5) is 0. The van der Waals surface area contributed by atoms with Crippen LogP contribution in [0.25, 0.3) is 11.1 Å². The summed E-state index contributed by atoms with van der Waals surface area (Å²) in [6.07, 6.45) is 0. The highest BCUT2D eigenvalue weighted by atomic mass is 79.9. The van der Waals surface area contributed by atoms with Crippen molar-refractivity contribution in [3.05, 3.63) is 56.6 Å². The van der Waals surface area contributed by atoms with Crippen LogP contribution in [0.5, 0.6) is 0 Å². The van der Waals surface area contributed by atoms with E-state index in [-0.39, 0.29) is 0 Å². The molecule has 0 unspecified atom stereocenters. The lowest BCUT2D eigenvalue weighted by Gasteiger charge is -2.14. The SMILES string of the molecule is Cc1c(C#N)ccc(-c2c(C#N)ccc(CBr)c2Cl)c1Cl. The van der Waals surface area contributed by atoms with Gasteiger partial charge in [-0.3, -0.25) is 0 Å². The number of alkyl halides is 1. The zero-order valence-electron chi connectivity index (χ0n) is 11.0. The highest BCUT2D eigenvalue weighted by molar-refractivity contribution is 9.08. The van der Waals surface area contributed by atoms with Crippen molar-refractivity contribution in [2.45, 2.75) is 12.3 Å². The van der Waals surface area contributed by atoms with Crippen LogP contribution in [-0.4, -0.2) is 0 Å². The molecule has 0 aliphatic carbocycles. The first-order valence-electron chi connectivity index (χ1n) is 6.02.